The van der Waals surface area contributed by atoms with Gasteiger partial charge in [-0.3, -0.25) is 9.59 Å². The van der Waals surface area contributed by atoms with E-state index in [1.54, 1.807) is 6.92 Å². The Morgan fingerprint density at radius 3 is 2.33 bits per heavy atom. The number of carbonyl (C=O) groups is 2. The van der Waals surface area contributed by atoms with Crippen molar-refractivity contribution >= 4 is 34.4 Å². The van der Waals surface area contributed by atoms with E-state index in [0.717, 1.165) is 52.5 Å². The minimum absolute atomic E-state index is 0.0598. The van der Waals surface area contributed by atoms with Gasteiger partial charge in [0, 0.05) is 38.5 Å². The lowest BCUT2D eigenvalue weighted by molar-refractivity contribution is -0.130. The molecule has 0 spiro atoms. The summed E-state index contributed by atoms with van der Waals surface area (Å²) in [4.78, 5) is 34.3. The fraction of sp³-hybridized carbons (Fsp3) is 0.321. The normalized spacial score (nSPS) is 17.3. The molecule has 1 aromatic heterocycles. The molecule has 33 heavy (non-hydrogen) atoms. The molecular formula is C28H29N3O2. The molecule has 2 amide bonds. The molecule has 168 valence electrons. The van der Waals surface area contributed by atoms with Crippen molar-refractivity contribution in [3.8, 4) is 0 Å². The number of amides is 2. The van der Waals surface area contributed by atoms with Crippen LogP contribution in [0.3, 0.4) is 0 Å². The van der Waals surface area contributed by atoms with E-state index >= 15 is 0 Å². The number of fused-ring (bicyclic) bond motifs is 2. The first-order chi connectivity index (χ1) is 16.0. The first-order valence-electron chi connectivity index (χ1n) is 11.8. The average molecular weight is 440 g/mol. The maximum absolute atomic E-state index is 13.8. The van der Waals surface area contributed by atoms with Gasteiger partial charge < -0.3 is 9.80 Å². The van der Waals surface area contributed by atoms with Crippen LogP contribution in [-0.4, -0.2) is 52.8 Å². The summed E-state index contributed by atoms with van der Waals surface area (Å²) in [6.45, 7) is 5.99. The molecule has 5 rings (SSSR count). The lowest BCUT2D eigenvalue weighted by Crippen LogP contribution is -2.50. The second kappa shape index (κ2) is 8.81. The van der Waals surface area contributed by atoms with Gasteiger partial charge in [-0.2, -0.15) is 0 Å². The number of para-hydroxylation sites is 1. The zero-order chi connectivity index (χ0) is 22.9. The third-order valence-electron chi connectivity index (χ3n) is 6.81. The number of pyridine rings is 1. The van der Waals surface area contributed by atoms with Crippen molar-refractivity contribution in [1.29, 1.82) is 0 Å². The number of hydrogen-bond donors (Lipinski definition) is 0. The molecular weight excluding hydrogens is 410 g/mol. The minimum Gasteiger partial charge on any atom is -0.339 e. The molecule has 3 aromatic rings. The van der Waals surface area contributed by atoms with Crippen molar-refractivity contribution < 1.29 is 9.59 Å². The third kappa shape index (κ3) is 4.15. The van der Waals surface area contributed by atoms with Crippen molar-refractivity contribution in [2.45, 2.75) is 33.1 Å². The Hall–Kier alpha value is -3.47. The Balaban J connectivity index is 1.59. The smallest absolute Gasteiger partial charge is 0.255 e. The number of rotatable bonds is 2. The summed E-state index contributed by atoms with van der Waals surface area (Å²) >= 11 is 0. The molecule has 0 atom stereocenters. The van der Waals surface area contributed by atoms with Crippen molar-refractivity contribution in [2.75, 3.05) is 26.2 Å². The number of allylic oxidation sites excluding steroid dienone is 1. The topological polar surface area (TPSA) is 53.5 Å². The zero-order valence-electron chi connectivity index (χ0n) is 19.3. The number of nitrogens with zero attached hydrogens (tertiary/aromatic N) is 3. The van der Waals surface area contributed by atoms with Crippen LogP contribution in [0.25, 0.3) is 22.6 Å². The molecule has 5 heteroatoms. The third-order valence-corrected chi connectivity index (χ3v) is 6.81. The molecule has 1 aliphatic carbocycles. The summed E-state index contributed by atoms with van der Waals surface area (Å²) < 4.78 is 0. The maximum atomic E-state index is 13.8. The fourth-order valence-corrected chi connectivity index (χ4v) is 4.97. The standard InChI is InChI=1S/C28H29N3O2/c1-19-10-12-21(13-11-19)18-22-6-5-8-24-26(23-7-3-4-9-25(23)29-27(22)24)28(33)31-16-14-30(15-17-31)20(2)32/h3-4,7,9-13,18H,5-6,8,14-17H2,1-2H3. The predicted octanol–water partition coefficient (Wildman–Crippen LogP) is 4.72. The number of carbonyl (C=O) groups excluding carboxylic acids is 2. The van der Waals surface area contributed by atoms with E-state index in [2.05, 4.69) is 37.3 Å². The van der Waals surface area contributed by atoms with Gasteiger partial charge in [-0.15, -0.1) is 0 Å². The number of aromatic nitrogens is 1. The highest BCUT2D eigenvalue weighted by atomic mass is 16.2. The van der Waals surface area contributed by atoms with Gasteiger partial charge in [-0.25, -0.2) is 4.98 Å². The van der Waals surface area contributed by atoms with E-state index in [0.29, 0.717) is 26.2 Å². The largest absolute Gasteiger partial charge is 0.339 e. The van der Waals surface area contributed by atoms with E-state index in [-0.39, 0.29) is 11.8 Å². The van der Waals surface area contributed by atoms with Crippen LogP contribution in [0, 0.1) is 6.92 Å². The lowest BCUT2D eigenvalue weighted by atomic mass is 9.85. The Morgan fingerprint density at radius 1 is 0.909 bits per heavy atom. The van der Waals surface area contributed by atoms with Gasteiger partial charge in [0.25, 0.3) is 5.91 Å². The molecule has 1 aliphatic heterocycles. The number of benzene rings is 2. The van der Waals surface area contributed by atoms with Gasteiger partial charge in [-0.1, -0.05) is 48.0 Å². The predicted molar refractivity (Wildman–Crippen MR) is 132 cm³/mol. The Kier molecular flexibility index (Phi) is 5.71. The Bertz CT molecular complexity index is 1250. The van der Waals surface area contributed by atoms with Gasteiger partial charge >= 0.3 is 0 Å². The maximum Gasteiger partial charge on any atom is 0.255 e. The SMILES string of the molecule is CC(=O)N1CCN(C(=O)c2c3c(nc4ccccc24)C(=Cc2ccc(C)cc2)CCC3)CC1. The molecule has 0 N–H and O–H groups in total. The van der Waals surface area contributed by atoms with Gasteiger partial charge in [0.2, 0.25) is 5.91 Å². The highest BCUT2D eigenvalue weighted by Gasteiger charge is 2.29. The van der Waals surface area contributed by atoms with Crippen molar-refractivity contribution in [3.05, 3.63) is 76.5 Å². The average Bonchev–Trinajstić information content (AvgIpc) is 2.84. The number of aryl methyl sites for hydroxylation is 1. The van der Waals surface area contributed by atoms with Crippen LogP contribution in [0.5, 0.6) is 0 Å². The molecule has 1 saturated heterocycles. The van der Waals surface area contributed by atoms with Crippen LogP contribution in [0.2, 0.25) is 0 Å². The summed E-state index contributed by atoms with van der Waals surface area (Å²) in [5.74, 6) is 0.129. The van der Waals surface area contributed by atoms with E-state index in [1.165, 1.54) is 11.1 Å². The van der Waals surface area contributed by atoms with E-state index in [1.807, 2.05) is 34.1 Å². The van der Waals surface area contributed by atoms with Crippen LogP contribution >= 0.6 is 0 Å². The molecule has 2 aliphatic rings. The van der Waals surface area contributed by atoms with Gasteiger partial charge in [0.1, 0.15) is 0 Å². The summed E-state index contributed by atoms with van der Waals surface area (Å²) in [5, 5.41) is 0.923. The highest BCUT2D eigenvalue weighted by Crippen LogP contribution is 2.36. The quantitative estimate of drug-likeness (QED) is 0.580. The van der Waals surface area contributed by atoms with E-state index < -0.39 is 0 Å². The minimum atomic E-state index is 0.0598. The number of piperazine rings is 1. The highest BCUT2D eigenvalue weighted by molar-refractivity contribution is 6.09. The summed E-state index contributed by atoms with van der Waals surface area (Å²) in [6, 6.07) is 16.5. The lowest BCUT2D eigenvalue weighted by Gasteiger charge is -2.35. The molecule has 2 heterocycles. The number of hydrogen-bond acceptors (Lipinski definition) is 3. The molecule has 2 aromatic carbocycles. The molecule has 5 nitrogen and oxygen atoms in total. The molecule has 1 fully saturated rings. The molecule has 0 unspecified atom stereocenters. The van der Waals surface area contributed by atoms with Gasteiger partial charge in [0.15, 0.2) is 0 Å². The van der Waals surface area contributed by atoms with Crippen LogP contribution < -0.4 is 0 Å². The Morgan fingerprint density at radius 2 is 1.61 bits per heavy atom. The van der Waals surface area contributed by atoms with E-state index in [9.17, 15) is 9.59 Å². The summed E-state index contributed by atoms with van der Waals surface area (Å²) in [6.07, 6.45) is 5.03. The van der Waals surface area contributed by atoms with Crippen LogP contribution in [0.1, 0.15) is 52.5 Å². The molecule has 0 saturated carbocycles. The van der Waals surface area contributed by atoms with Crippen molar-refractivity contribution in [1.82, 2.24) is 14.8 Å². The monoisotopic (exact) mass is 439 g/mol. The van der Waals surface area contributed by atoms with Crippen LogP contribution in [0.4, 0.5) is 0 Å². The first-order valence-corrected chi connectivity index (χ1v) is 11.8. The van der Waals surface area contributed by atoms with Gasteiger partial charge in [0.05, 0.1) is 16.8 Å². The van der Waals surface area contributed by atoms with Crippen molar-refractivity contribution in [3.63, 3.8) is 0 Å². The van der Waals surface area contributed by atoms with Crippen LogP contribution in [-0.2, 0) is 11.2 Å². The second-order valence-corrected chi connectivity index (χ2v) is 9.06. The molecule has 0 radical (unpaired) electrons. The van der Waals surface area contributed by atoms with Gasteiger partial charge in [-0.05, 0) is 55.0 Å². The summed E-state index contributed by atoms with van der Waals surface area (Å²) in [5.41, 5.74) is 7.28. The Labute approximate surface area is 194 Å². The summed E-state index contributed by atoms with van der Waals surface area (Å²) in [7, 11) is 0. The fourth-order valence-electron chi connectivity index (χ4n) is 4.97. The van der Waals surface area contributed by atoms with Crippen LogP contribution in [0.15, 0.2) is 48.5 Å². The second-order valence-electron chi connectivity index (χ2n) is 9.06. The molecule has 0 bridgehead atoms. The van der Waals surface area contributed by atoms with E-state index in [4.69, 9.17) is 4.98 Å². The van der Waals surface area contributed by atoms with Crippen molar-refractivity contribution in [2.24, 2.45) is 0 Å². The zero-order valence-corrected chi connectivity index (χ0v) is 19.3. The first kappa shape index (κ1) is 21.4.